The second-order valence-electron chi connectivity index (χ2n) is 7.46. The van der Waals surface area contributed by atoms with E-state index in [0.29, 0.717) is 0 Å². The Hall–Kier alpha value is -4.10. The van der Waals surface area contributed by atoms with Gasteiger partial charge in [0.2, 0.25) is 0 Å². The van der Waals surface area contributed by atoms with Crippen LogP contribution in [0.1, 0.15) is 22.5 Å². The summed E-state index contributed by atoms with van der Waals surface area (Å²) in [6.45, 7) is 0.879. The number of rotatable bonds is 3. The summed E-state index contributed by atoms with van der Waals surface area (Å²) >= 11 is 0. The predicted molar refractivity (Wildman–Crippen MR) is 126 cm³/mol. The van der Waals surface area contributed by atoms with E-state index >= 15 is 0 Å². The fourth-order valence-corrected chi connectivity index (χ4v) is 3.81. The molecule has 0 fully saturated rings. The van der Waals surface area contributed by atoms with Crippen molar-refractivity contribution in [3.8, 4) is 23.2 Å². The molecule has 4 nitrogen and oxygen atoms in total. The molecule has 4 heteroatoms. The van der Waals surface area contributed by atoms with Crippen LogP contribution in [0.2, 0.25) is 0 Å². The van der Waals surface area contributed by atoms with Crippen LogP contribution in [0, 0.1) is 11.8 Å². The first kappa shape index (κ1) is 18.9. The molecule has 0 saturated carbocycles. The maximum absolute atomic E-state index is 4.86. The lowest BCUT2D eigenvalue weighted by atomic mass is 10.2. The third-order valence-corrected chi connectivity index (χ3v) is 5.45. The van der Waals surface area contributed by atoms with Crippen molar-refractivity contribution in [1.29, 1.82) is 0 Å². The smallest absolute Gasteiger partial charge is 0.141 e. The van der Waals surface area contributed by atoms with Crippen molar-refractivity contribution in [3.05, 3.63) is 107 Å². The number of hydrogen-bond donors (Lipinski definition) is 0. The highest BCUT2D eigenvalue weighted by atomic mass is 15.5. The van der Waals surface area contributed by atoms with Gasteiger partial charge in [-0.1, -0.05) is 72.7 Å². The summed E-state index contributed by atoms with van der Waals surface area (Å²) in [5.74, 6) is 7.38. The van der Waals surface area contributed by atoms with E-state index in [4.69, 9.17) is 10.1 Å². The van der Waals surface area contributed by atoms with Crippen molar-refractivity contribution in [2.24, 2.45) is 12.1 Å². The maximum Gasteiger partial charge on any atom is 0.141 e. The number of hydrazone groups is 1. The van der Waals surface area contributed by atoms with Gasteiger partial charge in [0.1, 0.15) is 11.5 Å². The number of fused-ring (bicyclic) bond motifs is 1. The SMILES string of the molecule is Cn1c(-c2ccccc2)nc(C#Cc2ccccc2)c1/C=N/N1CCc2ccccc21. The van der Waals surface area contributed by atoms with E-state index in [1.54, 1.807) is 0 Å². The Morgan fingerprint density at radius 2 is 1.58 bits per heavy atom. The molecule has 0 saturated heterocycles. The zero-order valence-electron chi connectivity index (χ0n) is 17.4. The molecule has 31 heavy (non-hydrogen) atoms. The minimum absolute atomic E-state index is 0.724. The molecule has 150 valence electrons. The molecule has 0 unspecified atom stereocenters. The molecule has 1 aliphatic heterocycles. The van der Waals surface area contributed by atoms with Gasteiger partial charge in [-0.25, -0.2) is 4.98 Å². The molecule has 4 aromatic rings. The molecular weight excluding hydrogens is 380 g/mol. The second-order valence-corrected chi connectivity index (χ2v) is 7.46. The maximum atomic E-state index is 4.86. The zero-order valence-corrected chi connectivity index (χ0v) is 17.4. The Kier molecular flexibility index (Phi) is 5.08. The number of para-hydroxylation sites is 1. The number of imidazole rings is 1. The highest BCUT2D eigenvalue weighted by molar-refractivity contribution is 5.83. The quantitative estimate of drug-likeness (QED) is 0.361. The van der Waals surface area contributed by atoms with Gasteiger partial charge in [0.25, 0.3) is 0 Å². The second kappa shape index (κ2) is 8.33. The molecule has 2 heterocycles. The minimum atomic E-state index is 0.724. The van der Waals surface area contributed by atoms with E-state index < -0.39 is 0 Å². The lowest BCUT2D eigenvalue weighted by Crippen LogP contribution is -2.13. The normalized spacial score (nSPS) is 12.6. The van der Waals surface area contributed by atoms with Crippen molar-refractivity contribution < 1.29 is 0 Å². The average molecular weight is 403 g/mol. The molecule has 0 bridgehead atoms. The van der Waals surface area contributed by atoms with Crippen molar-refractivity contribution in [3.63, 3.8) is 0 Å². The predicted octanol–water partition coefficient (Wildman–Crippen LogP) is 4.88. The van der Waals surface area contributed by atoms with E-state index in [0.717, 1.165) is 41.3 Å². The minimum Gasteiger partial charge on any atom is -0.325 e. The topological polar surface area (TPSA) is 33.4 Å². The van der Waals surface area contributed by atoms with Crippen LogP contribution in [-0.4, -0.2) is 22.3 Å². The lowest BCUT2D eigenvalue weighted by molar-refractivity contribution is 0.885. The highest BCUT2D eigenvalue weighted by Crippen LogP contribution is 2.27. The molecule has 0 atom stereocenters. The molecule has 0 aliphatic carbocycles. The number of anilines is 1. The third-order valence-electron chi connectivity index (χ3n) is 5.45. The van der Waals surface area contributed by atoms with Gasteiger partial charge >= 0.3 is 0 Å². The van der Waals surface area contributed by atoms with Crippen LogP contribution < -0.4 is 5.01 Å². The summed E-state index contributed by atoms with van der Waals surface area (Å²) in [4.78, 5) is 4.86. The van der Waals surface area contributed by atoms with Gasteiger partial charge in [-0.3, -0.25) is 5.01 Å². The fraction of sp³-hybridized carbons (Fsp3) is 0.111. The van der Waals surface area contributed by atoms with Crippen LogP contribution in [0.15, 0.2) is 90.0 Å². The largest absolute Gasteiger partial charge is 0.325 e. The first-order valence-corrected chi connectivity index (χ1v) is 10.4. The summed E-state index contributed by atoms with van der Waals surface area (Å²) in [5, 5.41) is 6.85. The monoisotopic (exact) mass is 402 g/mol. The lowest BCUT2D eigenvalue weighted by Gasteiger charge is -2.12. The van der Waals surface area contributed by atoms with Crippen LogP contribution in [0.4, 0.5) is 5.69 Å². The van der Waals surface area contributed by atoms with Gasteiger partial charge < -0.3 is 4.57 Å². The Labute approximate surface area is 182 Å². The molecule has 0 N–H and O–H groups in total. The van der Waals surface area contributed by atoms with Gasteiger partial charge in [0.15, 0.2) is 0 Å². The van der Waals surface area contributed by atoms with E-state index in [1.807, 2.05) is 61.8 Å². The standard InChI is InChI=1S/C27H22N4/c1-30-26(20-28-31-19-18-22-12-8-9-15-25(22)31)24(17-16-21-10-4-2-5-11-21)29-27(30)23-13-6-3-7-14-23/h2-15,20H,18-19H2,1H3/b28-20+. The average Bonchev–Trinajstić information content (AvgIpc) is 3.38. The van der Waals surface area contributed by atoms with Gasteiger partial charge in [-0.2, -0.15) is 5.10 Å². The molecule has 0 spiro atoms. The van der Waals surface area contributed by atoms with Gasteiger partial charge in [0, 0.05) is 24.7 Å². The van der Waals surface area contributed by atoms with Crippen molar-refractivity contribution in [2.75, 3.05) is 11.6 Å². The van der Waals surface area contributed by atoms with Crippen molar-refractivity contribution in [2.45, 2.75) is 6.42 Å². The molecule has 1 aromatic heterocycles. The van der Waals surface area contributed by atoms with Crippen LogP contribution in [0.3, 0.4) is 0 Å². The van der Waals surface area contributed by atoms with E-state index in [1.165, 1.54) is 11.3 Å². The summed E-state index contributed by atoms with van der Waals surface area (Å²) in [7, 11) is 2.02. The number of aromatic nitrogens is 2. The van der Waals surface area contributed by atoms with Crippen LogP contribution >= 0.6 is 0 Å². The molecular formula is C27H22N4. The zero-order chi connectivity index (χ0) is 21.0. The van der Waals surface area contributed by atoms with Gasteiger partial charge in [-0.15, -0.1) is 0 Å². The van der Waals surface area contributed by atoms with Crippen molar-refractivity contribution in [1.82, 2.24) is 9.55 Å². The molecule has 0 radical (unpaired) electrons. The fourth-order valence-electron chi connectivity index (χ4n) is 3.81. The first-order valence-electron chi connectivity index (χ1n) is 10.4. The molecule has 3 aromatic carbocycles. The van der Waals surface area contributed by atoms with Crippen LogP contribution in [-0.2, 0) is 13.5 Å². The molecule has 5 rings (SSSR count). The number of nitrogens with zero attached hydrogens (tertiary/aromatic N) is 4. The number of hydrogen-bond acceptors (Lipinski definition) is 3. The summed E-state index contributed by atoms with van der Waals surface area (Å²) < 4.78 is 2.07. The van der Waals surface area contributed by atoms with Crippen LogP contribution in [0.25, 0.3) is 11.4 Å². The molecule has 1 aliphatic rings. The first-order chi connectivity index (χ1) is 15.3. The Morgan fingerprint density at radius 3 is 2.39 bits per heavy atom. The Bertz CT molecular complexity index is 1290. The summed E-state index contributed by atoms with van der Waals surface area (Å²) in [6, 6.07) is 28.6. The highest BCUT2D eigenvalue weighted by Gasteiger charge is 2.18. The Morgan fingerprint density at radius 1 is 0.871 bits per heavy atom. The van der Waals surface area contributed by atoms with E-state index in [9.17, 15) is 0 Å². The van der Waals surface area contributed by atoms with Gasteiger partial charge in [-0.05, 0) is 36.1 Å². The Balaban J connectivity index is 1.55. The third kappa shape index (κ3) is 3.86. The number of benzene rings is 3. The van der Waals surface area contributed by atoms with E-state index in [2.05, 4.69) is 57.8 Å². The molecule has 0 amide bonds. The van der Waals surface area contributed by atoms with Crippen LogP contribution in [0.5, 0.6) is 0 Å². The van der Waals surface area contributed by atoms with Crippen molar-refractivity contribution >= 4 is 11.9 Å². The summed E-state index contributed by atoms with van der Waals surface area (Å²) in [5.41, 5.74) is 6.14. The summed E-state index contributed by atoms with van der Waals surface area (Å²) in [6.07, 6.45) is 2.89. The van der Waals surface area contributed by atoms with E-state index in [-0.39, 0.29) is 0 Å². The van der Waals surface area contributed by atoms with Gasteiger partial charge in [0.05, 0.1) is 17.6 Å².